The van der Waals surface area contributed by atoms with Crippen LogP contribution in [0.5, 0.6) is 11.5 Å². The Morgan fingerprint density at radius 1 is 1.15 bits per heavy atom. The molecule has 1 amide bonds. The van der Waals surface area contributed by atoms with Crippen LogP contribution in [0.1, 0.15) is 17.0 Å². The number of carbonyl (C=O) groups excluding carboxylic acids is 1. The summed E-state index contributed by atoms with van der Waals surface area (Å²) in [5, 5.41) is 2.82. The minimum Gasteiger partial charge on any atom is -0.493 e. The predicted octanol–water partition coefficient (Wildman–Crippen LogP) is 2.20. The lowest BCUT2D eigenvalue weighted by molar-refractivity contribution is -0.116. The molecule has 0 fully saturated rings. The first-order valence-electron chi connectivity index (χ1n) is 8.12. The maximum Gasteiger partial charge on any atom is 0.244 e. The third-order valence-electron chi connectivity index (χ3n) is 3.57. The number of nitrogens with zero attached hydrogens (tertiary/aromatic N) is 3. The number of hydrogen-bond donors (Lipinski definition) is 1. The Morgan fingerprint density at radius 2 is 1.88 bits per heavy atom. The summed E-state index contributed by atoms with van der Waals surface area (Å²) < 4.78 is 10.4. The predicted molar refractivity (Wildman–Crippen MR) is 102 cm³/mol. The van der Waals surface area contributed by atoms with Crippen molar-refractivity contribution in [2.24, 2.45) is 0 Å². The SMILES string of the molecule is COc1ccc(/C=C/C(=O)NCc2cc(C)nc(N(C)C)n2)cc1OC. The molecule has 0 bridgehead atoms. The lowest BCUT2D eigenvalue weighted by Crippen LogP contribution is -2.22. The second kappa shape index (κ2) is 8.84. The summed E-state index contributed by atoms with van der Waals surface area (Å²) in [6, 6.07) is 7.30. The first kappa shape index (κ1) is 19.2. The fourth-order valence-corrected chi connectivity index (χ4v) is 2.27. The number of methoxy groups -OCH3 is 2. The quantitative estimate of drug-likeness (QED) is 0.767. The minimum atomic E-state index is -0.206. The Hall–Kier alpha value is -3.09. The highest BCUT2D eigenvalue weighted by Crippen LogP contribution is 2.27. The summed E-state index contributed by atoms with van der Waals surface area (Å²) in [6.07, 6.45) is 3.19. The number of aromatic nitrogens is 2. The van der Waals surface area contributed by atoms with Gasteiger partial charge in [0.2, 0.25) is 11.9 Å². The zero-order chi connectivity index (χ0) is 19.1. The highest BCUT2D eigenvalue weighted by Gasteiger charge is 2.06. The number of anilines is 1. The summed E-state index contributed by atoms with van der Waals surface area (Å²) in [7, 11) is 6.91. The van der Waals surface area contributed by atoms with Crippen molar-refractivity contribution >= 4 is 17.9 Å². The van der Waals surface area contributed by atoms with Crippen LogP contribution >= 0.6 is 0 Å². The molecule has 7 heteroatoms. The molecule has 0 saturated carbocycles. The highest BCUT2D eigenvalue weighted by atomic mass is 16.5. The van der Waals surface area contributed by atoms with Gasteiger partial charge < -0.3 is 19.7 Å². The summed E-state index contributed by atoms with van der Waals surface area (Å²) in [6.45, 7) is 2.23. The third-order valence-corrected chi connectivity index (χ3v) is 3.57. The van der Waals surface area contributed by atoms with E-state index in [2.05, 4.69) is 15.3 Å². The largest absolute Gasteiger partial charge is 0.493 e. The van der Waals surface area contributed by atoms with Crippen LogP contribution in [-0.2, 0) is 11.3 Å². The van der Waals surface area contributed by atoms with E-state index >= 15 is 0 Å². The van der Waals surface area contributed by atoms with Crippen LogP contribution in [0.4, 0.5) is 5.95 Å². The van der Waals surface area contributed by atoms with Gasteiger partial charge in [0.15, 0.2) is 11.5 Å². The van der Waals surface area contributed by atoms with Crippen molar-refractivity contribution in [2.45, 2.75) is 13.5 Å². The third kappa shape index (κ3) is 5.20. The fraction of sp³-hybridized carbons (Fsp3) is 0.316. The first-order chi connectivity index (χ1) is 12.4. The lowest BCUT2D eigenvalue weighted by atomic mass is 10.2. The molecule has 7 nitrogen and oxygen atoms in total. The molecular weight excluding hydrogens is 332 g/mol. The van der Waals surface area contributed by atoms with Crippen LogP contribution in [0.25, 0.3) is 6.08 Å². The fourth-order valence-electron chi connectivity index (χ4n) is 2.27. The smallest absolute Gasteiger partial charge is 0.244 e. The van der Waals surface area contributed by atoms with Crippen molar-refractivity contribution in [3.8, 4) is 11.5 Å². The Kier molecular flexibility index (Phi) is 6.54. The molecule has 0 radical (unpaired) electrons. The van der Waals surface area contributed by atoms with E-state index in [9.17, 15) is 4.79 Å². The molecule has 138 valence electrons. The molecule has 0 saturated heterocycles. The van der Waals surface area contributed by atoms with Crippen LogP contribution in [0, 0.1) is 6.92 Å². The summed E-state index contributed by atoms with van der Waals surface area (Å²) in [5.74, 6) is 1.67. The maximum absolute atomic E-state index is 12.1. The van der Waals surface area contributed by atoms with Gasteiger partial charge in [-0.2, -0.15) is 0 Å². The Labute approximate surface area is 153 Å². The molecule has 2 aromatic rings. The molecule has 0 aliphatic carbocycles. The van der Waals surface area contributed by atoms with Crippen LogP contribution in [0.3, 0.4) is 0 Å². The number of carbonyl (C=O) groups is 1. The van der Waals surface area contributed by atoms with Gasteiger partial charge in [-0.05, 0) is 36.8 Å². The van der Waals surface area contributed by atoms with Crippen molar-refractivity contribution in [2.75, 3.05) is 33.2 Å². The molecule has 26 heavy (non-hydrogen) atoms. The van der Waals surface area contributed by atoms with E-state index in [0.717, 1.165) is 17.0 Å². The van der Waals surface area contributed by atoms with Crippen molar-refractivity contribution in [3.63, 3.8) is 0 Å². The standard InChI is InChI=1S/C19H24N4O3/c1-13-10-15(22-19(21-13)23(2)3)12-20-18(24)9-7-14-6-8-16(25-4)17(11-14)26-5/h6-11H,12H2,1-5H3,(H,20,24)/b9-7+. The molecule has 1 aromatic carbocycles. The van der Waals surface area contributed by atoms with Crippen LogP contribution in [-0.4, -0.2) is 44.2 Å². The zero-order valence-corrected chi connectivity index (χ0v) is 15.7. The number of amides is 1. The van der Waals surface area contributed by atoms with Crippen molar-refractivity contribution < 1.29 is 14.3 Å². The molecule has 1 heterocycles. The second-order valence-corrected chi connectivity index (χ2v) is 5.86. The number of rotatable bonds is 7. The van der Waals surface area contributed by atoms with Gasteiger partial charge in [0, 0.05) is 25.9 Å². The van der Waals surface area contributed by atoms with Gasteiger partial charge in [-0.25, -0.2) is 9.97 Å². The van der Waals surface area contributed by atoms with Crippen molar-refractivity contribution in [1.29, 1.82) is 0 Å². The van der Waals surface area contributed by atoms with Gasteiger partial charge in [0.1, 0.15) is 0 Å². The molecule has 0 aliphatic rings. The molecule has 0 atom stereocenters. The van der Waals surface area contributed by atoms with E-state index in [4.69, 9.17) is 9.47 Å². The Morgan fingerprint density at radius 3 is 2.54 bits per heavy atom. The van der Waals surface area contributed by atoms with E-state index < -0.39 is 0 Å². The second-order valence-electron chi connectivity index (χ2n) is 5.86. The molecule has 0 unspecified atom stereocenters. The number of hydrogen-bond acceptors (Lipinski definition) is 6. The van der Waals surface area contributed by atoms with Crippen LogP contribution in [0.2, 0.25) is 0 Å². The van der Waals surface area contributed by atoms with E-state index in [0.29, 0.717) is 24.0 Å². The van der Waals surface area contributed by atoms with E-state index in [1.807, 2.05) is 38.1 Å². The van der Waals surface area contributed by atoms with Gasteiger partial charge in [-0.15, -0.1) is 0 Å². The highest BCUT2D eigenvalue weighted by molar-refractivity contribution is 5.91. The summed E-state index contributed by atoms with van der Waals surface area (Å²) >= 11 is 0. The lowest BCUT2D eigenvalue weighted by Gasteiger charge is -2.12. The normalized spacial score (nSPS) is 10.7. The molecule has 1 aromatic heterocycles. The van der Waals surface area contributed by atoms with Gasteiger partial charge >= 0.3 is 0 Å². The van der Waals surface area contributed by atoms with Gasteiger partial charge in [0.05, 0.1) is 26.5 Å². The van der Waals surface area contributed by atoms with Crippen molar-refractivity contribution in [3.05, 3.63) is 47.3 Å². The Balaban J connectivity index is 2.00. The molecule has 1 N–H and O–H groups in total. The number of benzene rings is 1. The minimum absolute atomic E-state index is 0.206. The average molecular weight is 356 g/mol. The van der Waals surface area contributed by atoms with Crippen LogP contribution < -0.4 is 19.7 Å². The van der Waals surface area contributed by atoms with E-state index in [1.165, 1.54) is 6.08 Å². The molecule has 0 aliphatic heterocycles. The topological polar surface area (TPSA) is 76.6 Å². The van der Waals surface area contributed by atoms with E-state index in [1.54, 1.807) is 32.4 Å². The number of nitrogens with one attached hydrogen (secondary N) is 1. The van der Waals surface area contributed by atoms with Crippen molar-refractivity contribution in [1.82, 2.24) is 15.3 Å². The van der Waals surface area contributed by atoms with Gasteiger partial charge in [0.25, 0.3) is 0 Å². The van der Waals surface area contributed by atoms with E-state index in [-0.39, 0.29) is 5.91 Å². The van der Waals surface area contributed by atoms with Crippen LogP contribution in [0.15, 0.2) is 30.3 Å². The summed E-state index contributed by atoms with van der Waals surface area (Å²) in [5.41, 5.74) is 2.45. The van der Waals surface area contributed by atoms with Gasteiger partial charge in [-0.3, -0.25) is 4.79 Å². The van der Waals surface area contributed by atoms with Gasteiger partial charge in [-0.1, -0.05) is 6.07 Å². The number of ether oxygens (including phenoxy) is 2. The Bertz CT molecular complexity index is 803. The monoisotopic (exact) mass is 356 g/mol. The maximum atomic E-state index is 12.1. The molecule has 2 rings (SSSR count). The first-order valence-corrected chi connectivity index (χ1v) is 8.12. The summed E-state index contributed by atoms with van der Waals surface area (Å²) in [4.78, 5) is 22.6. The zero-order valence-electron chi connectivity index (χ0n) is 15.7. The molecular formula is C19H24N4O3. The molecule has 0 spiro atoms. The average Bonchev–Trinajstić information content (AvgIpc) is 2.63. The number of aryl methyl sites for hydroxylation is 1.